The van der Waals surface area contributed by atoms with Crippen LogP contribution in [0.4, 0.5) is 0 Å². The van der Waals surface area contributed by atoms with Crippen LogP contribution in [0, 0.1) is 0 Å². The van der Waals surface area contributed by atoms with E-state index in [1.165, 1.54) is 5.56 Å². The molecule has 0 aliphatic rings. The van der Waals surface area contributed by atoms with Crippen LogP contribution >= 0.6 is 0 Å². The number of para-hydroxylation sites is 2. The van der Waals surface area contributed by atoms with Gasteiger partial charge in [0.25, 0.3) is 0 Å². The summed E-state index contributed by atoms with van der Waals surface area (Å²) in [7, 11) is 2.04. The van der Waals surface area contributed by atoms with Crippen LogP contribution < -0.4 is 0 Å². The van der Waals surface area contributed by atoms with Gasteiger partial charge in [0.1, 0.15) is 5.52 Å². The van der Waals surface area contributed by atoms with E-state index < -0.39 is 0 Å². The van der Waals surface area contributed by atoms with Crippen molar-refractivity contribution in [3.05, 3.63) is 60.7 Å². The molecule has 4 rings (SSSR count). The molecule has 0 unspecified atom stereocenters. The highest BCUT2D eigenvalue weighted by Crippen LogP contribution is 2.26. The van der Waals surface area contributed by atoms with Gasteiger partial charge in [-0.1, -0.05) is 42.5 Å². The Bertz CT molecular complexity index is 907. The fraction of sp³-hybridized carbons (Fsp3) is 0.0588. The lowest BCUT2D eigenvalue weighted by Gasteiger charge is -2.03. The summed E-state index contributed by atoms with van der Waals surface area (Å²) < 4.78 is 2.10. The van der Waals surface area contributed by atoms with Gasteiger partial charge in [-0.05, 0) is 23.8 Å². The molecule has 0 amide bonds. The molecule has 0 saturated carbocycles. The van der Waals surface area contributed by atoms with Crippen LogP contribution in [0.1, 0.15) is 0 Å². The summed E-state index contributed by atoms with van der Waals surface area (Å²) in [5, 5.41) is 0. The Balaban J connectivity index is 2.05. The molecule has 96 valence electrons. The van der Waals surface area contributed by atoms with Crippen molar-refractivity contribution in [3.8, 4) is 11.3 Å². The smallest absolute Gasteiger partial charge is 0.159 e. The second-order valence-corrected chi connectivity index (χ2v) is 4.88. The maximum absolute atomic E-state index is 4.72. The quantitative estimate of drug-likeness (QED) is 0.520. The molecule has 0 fully saturated rings. The van der Waals surface area contributed by atoms with Gasteiger partial charge in [0.15, 0.2) is 5.65 Å². The molecule has 0 bridgehead atoms. The van der Waals surface area contributed by atoms with Crippen molar-refractivity contribution in [1.29, 1.82) is 0 Å². The fourth-order valence-corrected chi connectivity index (χ4v) is 2.57. The normalized spacial score (nSPS) is 11.2. The molecule has 4 aromatic rings. The Morgan fingerprint density at radius 1 is 0.750 bits per heavy atom. The summed E-state index contributed by atoms with van der Waals surface area (Å²) in [5.74, 6) is 0. The van der Waals surface area contributed by atoms with Gasteiger partial charge in [-0.15, -0.1) is 0 Å². The van der Waals surface area contributed by atoms with E-state index >= 15 is 0 Å². The second kappa shape index (κ2) is 4.17. The fourth-order valence-electron chi connectivity index (χ4n) is 2.57. The van der Waals surface area contributed by atoms with Gasteiger partial charge in [0, 0.05) is 7.05 Å². The number of aromatic nitrogens is 3. The Kier molecular flexibility index (Phi) is 2.33. The molecule has 0 spiro atoms. The zero-order valence-electron chi connectivity index (χ0n) is 11.1. The average molecular weight is 259 g/mol. The van der Waals surface area contributed by atoms with Crippen molar-refractivity contribution in [3.63, 3.8) is 0 Å². The number of fused-ring (bicyclic) bond motifs is 2. The van der Waals surface area contributed by atoms with Crippen LogP contribution in [0.25, 0.3) is 33.5 Å². The maximum atomic E-state index is 4.72. The van der Waals surface area contributed by atoms with E-state index in [0.29, 0.717) is 0 Å². The molecule has 0 aliphatic carbocycles. The Morgan fingerprint density at radius 2 is 1.40 bits per heavy atom. The van der Waals surface area contributed by atoms with Gasteiger partial charge in [0.2, 0.25) is 0 Å². The van der Waals surface area contributed by atoms with Crippen LogP contribution in [-0.2, 0) is 7.05 Å². The highest BCUT2D eigenvalue weighted by atomic mass is 15.0. The van der Waals surface area contributed by atoms with Crippen LogP contribution in [-0.4, -0.2) is 14.5 Å². The predicted molar refractivity (Wildman–Crippen MR) is 81.5 cm³/mol. The minimum Gasteiger partial charge on any atom is -0.327 e. The molecule has 2 aromatic carbocycles. The minimum atomic E-state index is 0.919. The monoisotopic (exact) mass is 259 g/mol. The van der Waals surface area contributed by atoms with Crippen molar-refractivity contribution in [1.82, 2.24) is 14.5 Å². The van der Waals surface area contributed by atoms with Gasteiger partial charge in [-0.3, -0.25) is 0 Å². The van der Waals surface area contributed by atoms with Crippen molar-refractivity contribution < 1.29 is 0 Å². The molecule has 0 atom stereocenters. The molecular formula is C17H13N3. The molecule has 2 aromatic heterocycles. The Labute approximate surface area is 116 Å². The number of hydrogen-bond donors (Lipinski definition) is 0. The van der Waals surface area contributed by atoms with Crippen molar-refractivity contribution >= 4 is 22.2 Å². The molecule has 0 saturated heterocycles. The van der Waals surface area contributed by atoms with Crippen LogP contribution in [0.15, 0.2) is 60.7 Å². The predicted octanol–water partition coefficient (Wildman–Crippen LogP) is 3.79. The lowest BCUT2D eigenvalue weighted by Crippen LogP contribution is -1.94. The molecular weight excluding hydrogens is 246 g/mol. The highest BCUT2D eigenvalue weighted by molar-refractivity contribution is 5.88. The van der Waals surface area contributed by atoms with E-state index in [9.17, 15) is 0 Å². The summed E-state index contributed by atoms with van der Waals surface area (Å²) in [6, 6.07) is 20.4. The highest BCUT2D eigenvalue weighted by Gasteiger charge is 2.10. The molecule has 0 radical (unpaired) electrons. The zero-order chi connectivity index (χ0) is 13.5. The SMILES string of the molecule is Cn1c(-c2ccccc2)cc2nc3ccccc3nc21. The summed E-state index contributed by atoms with van der Waals surface area (Å²) in [4.78, 5) is 9.43. The van der Waals surface area contributed by atoms with E-state index in [1.807, 2.05) is 49.5 Å². The van der Waals surface area contributed by atoms with Gasteiger partial charge in [-0.25, -0.2) is 9.97 Å². The summed E-state index contributed by atoms with van der Waals surface area (Å²) >= 11 is 0. The van der Waals surface area contributed by atoms with E-state index in [0.717, 1.165) is 27.9 Å². The third kappa shape index (κ3) is 1.60. The molecule has 0 N–H and O–H groups in total. The number of rotatable bonds is 1. The van der Waals surface area contributed by atoms with E-state index in [2.05, 4.69) is 22.8 Å². The minimum absolute atomic E-state index is 0.919. The Morgan fingerprint density at radius 3 is 2.15 bits per heavy atom. The van der Waals surface area contributed by atoms with Gasteiger partial charge in [0.05, 0.1) is 16.7 Å². The van der Waals surface area contributed by atoms with E-state index in [-0.39, 0.29) is 0 Å². The van der Waals surface area contributed by atoms with Crippen LogP contribution in [0.2, 0.25) is 0 Å². The molecule has 3 heteroatoms. The lowest BCUT2D eigenvalue weighted by molar-refractivity contribution is 0.960. The van der Waals surface area contributed by atoms with E-state index in [1.54, 1.807) is 0 Å². The topological polar surface area (TPSA) is 30.7 Å². The largest absolute Gasteiger partial charge is 0.327 e. The van der Waals surface area contributed by atoms with Gasteiger partial charge >= 0.3 is 0 Å². The van der Waals surface area contributed by atoms with E-state index in [4.69, 9.17) is 9.97 Å². The van der Waals surface area contributed by atoms with Crippen LogP contribution in [0.3, 0.4) is 0 Å². The first kappa shape index (κ1) is 11.2. The third-order valence-electron chi connectivity index (χ3n) is 3.60. The average Bonchev–Trinajstić information content (AvgIpc) is 2.83. The summed E-state index contributed by atoms with van der Waals surface area (Å²) in [6.45, 7) is 0. The molecule has 2 heterocycles. The first-order valence-electron chi connectivity index (χ1n) is 6.60. The Hall–Kier alpha value is -2.68. The molecule has 0 aliphatic heterocycles. The second-order valence-electron chi connectivity index (χ2n) is 4.88. The van der Waals surface area contributed by atoms with Crippen molar-refractivity contribution in [2.75, 3.05) is 0 Å². The van der Waals surface area contributed by atoms with Crippen molar-refractivity contribution in [2.24, 2.45) is 7.05 Å². The first-order valence-corrected chi connectivity index (χ1v) is 6.60. The molecule has 20 heavy (non-hydrogen) atoms. The third-order valence-corrected chi connectivity index (χ3v) is 3.60. The zero-order valence-corrected chi connectivity index (χ0v) is 11.1. The molecule has 3 nitrogen and oxygen atoms in total. The lowest BCUT2D eigenvalue weighted by atomic mass is 10.1. The first-order chi connectivity index (χ1) is 9.83. The number of nitrogens with zero attached hydrogens (tertiary/aromatic N) is 3. The van der Waals surface area contributed by atoms with Crippen molar-refractivity contribution in [2.45, 2.75) is 0 Å². The number of aryl methyl sites for hydroxylation is 1. The standard InChI is InChI=1S/C17H13N3/c1-20-16(12-7-3-2-4-8-12)11-15-17(20)19-14-10-6-5-9-13(14)18-15/h2-11H,1H3. The summed E-state index contributed by atoms with van der Waals surface area (Å²) in [6.07, 6.45) is 0. The summed E-state index contributed by atoms with van der Waals surface area (Å²) in [5.41, 5.74) is 6.04. The maximum Gasteiger partial charge on any atom is 0.159 e. The van der Waals surface area contributed by atoms with Gasteiger partial charge < -0.3 is 4.57 Å². The number of benzene rings is 2. The van der Waals surface area contributed by atoms with Crippen LogP contribution in [0.5, 0.6) is 0 Å². The number of hydrogen-bond acceptors (Lipinski definition) is 2. The van der Waals surface area contributed by atoms with Gasteiger partial charge in [-0.2, -0.15) is 0 Å².